The number of nitrogens with one attached hydrogen (secondary N) is 2. The van der Waals surface area contributed by atoms with Gasteiger partial charge in [0, 0.05) is 44.0 Å². The van der Waals surface area contributed by atoms with Gasteiger partial charge in [0.15, 0.2) is 4.96 Å². The minimum Gasteiger partial charge on any atom is -0.496 e. The van der Waals surface area contributed by atoms with Gasteiger partial charge in [-0.25, -0.2) is 13.8 Å². The van der Waals surface area contributed by atoms with Gasteiger partial charge in [0.05, 0.1) is 47.8 Å². The summed E-state index contributed by atoms with van der Waals surface area (Å²) >= 11 is 1.44. The molecule has 4 heterocycles. The van der Waals surface area contributed by atoms with E-state index in [1.807, 2.05) is 28.8 Å². The monoisotopic (exact) mass is 569 g/mol. The summed E-state index contributed by atoms with van der Waals surface area (Å²) in [4.78, 5) is 20.6. The van der Waals surface area contributed by atoms with Crippen LogP contribution in [0.15, 0.2) is 36.5 Å². The Hall–Kier alpha value is -3.12. The lowest BCUT2D eigenvalue weighted by atomic mass is 10.0. The summed E-state index contributed by atoms with van der Waals surface area (Å²) in [7, 11) is 1.54. The van der Waals surface area contributed by atoms with E-state index in [0.717, 1.165) is 48.4 Å². The highest BCUT2D eigenvalue weighted by molar-refractivity contribution is 7.23. The van der Waals surface area contributed by atoms with Gasteiger partial charge in [0.2, 0.25) is 0 Å². The maximum Gasteiger partial charge on any atom is 0.255 e. The third-order valence-corrected chi connectivity index (χ3v) is 8.72. The fraction of sp³-hybridized carbons (Fsp3) is 0.448. The molecule has 0 radical (unpaired) electrons. The van der Waals surface area contributed by atoms with Gasteiger partial charge in [-0.1, -0.05) is 17.4 Å². The molecule has 6 rings (SSSR count). The summed E-state index contributed by atoms with van der Waals surface area (Å²) in [5, 5.41) is 6.34. The molecule has 2 aromatic carbocycles. The summed E-state index contributed by atoms with van der Waals surface area (Å²) < 4.78 is 42.4. The third-order valence-electron chi connectivity index (χ3n) is 7.71. The molecular weight excluding hydrogens is 536 g/mol. The first-order valence-corrected chi connectivity index (χ1v) is 14.6. The number of ether oxygens (including phenoxy) is 2. The number of morpholine rings is 1. The van der Waals surface area contributed by atoms with Gasteiger partial charge in [0.1, 0.15) is 17.7 Å². The molecule has 1 unspecified atom stereocenters. The predicted octanol–water partition coefficient (Wildman–Crippen LogP) is 4.58. The number of aromatic nitrogens is 2. The zero-order chi connectivity index (χ0) is 27.6. The number of nitrogens with zero attached hydrogens (tertiary/aromatic N) is 3. The highest BCUT2D eigenvalue weighted by Crippen LogP contribution is 2.35. The molecule has 11 heteroatoms. The zero-order valence-corrected chi connectivity index (χ0v) is 23.2. The molecule has 0 saturated carbocycles. The summed E-state index contributed by atoms with van der Waals surface area (Å²) in [6.45, 7) is 4.83. The van der Waals surface area contributed by atoms with Crippen molar-refractivity contribution in [3.63, 3.8) is 0 Å². The maximum absolute atomic E-state index is 15.2. The van der Waals surface area contributed by atoms with Crippen LogP contribution < -0.4 is 15.4 Å². The van der Waals surface area contributed by atoms with Crippen LogP contribution in [0, 0.1) is 5.82 Å². The number of benzene rings is 2. The highest BCUT2D eigenvalue weighted by Gasteiger charge is 2.21. The lowest BCUT2D eigenvalue weighted by molar-refractivity contribution is 0.0768. The molecule has 2 saturated heterocycles. The van der Waals surface area contributed by atoms with E-state index < -0.39 is 6.17 Å². The fourth-order valence-corrected chi connectivity index (χ4v) is 6.49. The average Bonchev–Trinajstić information content (AvgIpc) is 3.53. The number of hydrogen-bond donors (Lipinski definition) is 2. The Kier molecular flexibility index (Phi) is 7.97. The number of piperidine rings is 1. The Morgan fingerprint density at radius 2 is 2.12 bits per heavy atom. The smallest absolute Gasteiger partial charge is 0.255 e. The summed E-state index contributed by atoms with van der Waals surface area (Å²) in [5.41, 5.74) is 3.12. The van der Waals surface area contributed by atoms with E-state index in [9.17, 15) is 9.18 Å². The number of carbonyl (C=O) groups is 1. The number of fused-ring (bicyclic) bond motifs is 3. The molecule has 8 nitrogen and oxygen atoms in total. The van der Waals surface area contributed by atoms with Gasteiger partial charge in [-0.2, -0.15) is 0 Å². The van der Waals surface area contributed by atoms with Crippen LogP contribution in [0.3, 0.4) is 0 Å². The van der Waals surface area contributed by atoms with Crippen molar-refractivity contribution in [1.82, 2.24) is 24.9 Å². The van der Waals surface area contributed by atoms with Crippen LogP contribution in [0.25, 0.3) is 26.4 Å². The van der Waals surface area contributed by atoms with E-state index in [1.54, 1.807) is 19.2 Å². The number of rotatable bonds is 8. The van der Waals surface area contributed by atoms with Gasteiger partial charge in [-0.3, -0.25) is 9.20 Å². The Labute approximate surface area is 235 Å². The number of hydrogen-bond acceptors (Lipinski definition) is 7. The summed E-state index contributed by atoms with van der Waals surface area (Å²) in [6.07, 6.45) is 3.11. The van der Waals surface area contributed by atoms with E-state index >= 15 is 4.39 Å². The van der Waals surface area contributed by atoms with Crippen molar-refractivity contribution in [2.75, 3.05) is 53.0 Å². The van der Waals surface area contributed by atoms with E-state index in [4.69, 9.17) is 14.5 Å². The summed E-state index contributed by atoms with van der Waals surface area (Å²) in [5.74, 6) is -0.0703. The Morgan fingerprint density at radius 1 is 1.27 bits per heavy atom. The SMILES string of the molecule is COc1cc2c(cc1C(=O)NCCCN1CCC(F)CC1)sc1nc(-c3ccc(C4COCCN4)cc3F)cn12. The van der Waals surface area contributed by atoms with Crippen molar-refractivity contribution in [3.05, 3.63) is 53.5 Å². The first-order chi connectivity index (χ1) is 19.5. The van der Waals surface area contributed by atoms with E-state index in [-0.39, 0.29) is 17.8 Å². The standard InChI is InChI=1S/C29H33F2N5O3S/c1-38-26-15-25-27(14-21(26)28(37)33-7-2-9-35-10-5-19(30)6-11-35)40-29-34-23(16-36(25)29)20-4-3-18(13-22(20)31)24-17-39-12-8-32-24/h3-4,13-16,19,24,32H,2,5-12,17H2,1H3,(H,33,37). The quantitative estimate of drug-likeness (QED) is 0.303. The number of imidazole rings is 1. The molecule has 0 bridgehead atoms. The third kappa shape index (κ3) is 5.56. The molecule has 2 fully saturated rings. The molecule has 40 heavy (non-hydrogen) atoms. The van der Waals surface area contributed by atoms with Crippen LogP contribution in [0.2, 0.25) is 0 Å². The van der Waals surface area contributed by atoms with Crippen molar-refractivity contribution in [3.8, 4) is 17.0 Å². The van der Waals surface area contributed by atoms with Gasteiger partial charge >= 0.3 is 0 Å². The lowest BCUT2D eigenvalue weighted by Crippen LogP contribution is -2.36. The molecule has 212 valence electrons. The van der Waals surface area contributed by atoms with Crippen LogP contribution in [-0.2, 0) is 4.74 Å². The second-order valence-corrected chi connectivity index (χ2v) is 11.4. The van der Waals surface area contributed by atoms with Crippen LogP contribution in [0.5, 0.6) is 5.75 Å². The van der Waals surface area contributed by atoms with Gasteiger partial charge in [-0.15, -0.1) is 0 Å². The van der Waals surface area contributed by atoms with Crippen LogP contribution in [0.1, 0.15) is 41.2 Å². The Balaban J connectivity index is 1.17. The van der Waals surface area contributed by atoms with Gasteiger partial charge in [0.25, 0.3) is 5.91 Å². The first kappa shape index (κ1) is 27.1. The largest absolute Gasteiger partial charge is 0.496 e. The minimum absolute atomic E-state index is 0.0224. The number of alkyl halides is 1. The molecule has 2 aliphatic heterocycles. The van der Waals surface area contributed by atoms with E-state index in [0.29, 0.717) is 60.1 Å². The van der Waals surface area contributed by atoms with Gasteiger partial charge in [-0.05, 0) is 49.6 Å². The normalized spacial score (nSPS) is 18.9. The molecule has 1 atom stereocenters. The fourth-order valence-electron chi connectivity index (χ4n) is 5.46. The number of carbonyl (C=O) groups excluding carboxylic acids is 1. The number of methoxy groups -OCH3 is 1. The number of likely N-dealkylation sites (tertiary alicyclic amines) is 1. The molecule has 2 aliphatic rings. The lowest BCUT2D eigenvalue weighted by Gasteiger charge is -2.28. The van der Waals surface area contributed by atoms with Crippen molar-refractivity contribution in [2.24, 2.45) is 0 Å². The van der Waals surface area contributed by atoms with E-state index in [1.165, 1.54) is 11.3 Å². The molecule has 0 aliphatic carbocycles. The Morgan fingerprint density at radius 3 is 2.88 bits per heavy atom. The average molecular weight is 570 g/mol. The molecular formula is C29H33F2N5O3S. The Bertz CT molecular complexity index is 1510. The maximum atomic E-state index is 15.2. The van der Waals surface area contributed by atoms with Gasteiger partial charge < -0.3 is 25.0 Å². The highest BCUT2D eigenvalue weighted by atomic mass is 32.1. The van der Waals surface area contributed by atoms with Crippen LogP contribution in [0.4, 0.5) is 8.78 Å². The van der Waals surface area contributed by atoms with Crippen LogP contribution in [-0.4, -0.2) is 79.4 Å². The van der Waals surface area contributed by atoms with Crippen molar-refractivity contribution in [1.29, 1.82) is 0 Å². The van der Waals surface area contributed by atoms with Crippen molar-refractivity contribution >= 4 is 32.4 Å². The predicted molar refractivity (Wildman–Crippen MR) is 152 cm³/mol. The van der Waals surface area contributed by atoms with Crippen LogP contribution >= 0.6 is 11.3 Å². The molecule has 2 N–H and O–H groups in total. The topological polar surface area (TPSA) is 80.1 Å². The second-order valence-electron chi connectivity index (χ2n) is 10.3. The van der Waals surface area contributed by atoms with Crippen molar-refractivity contribution in [2.45, 2.75) is 31.5 Å². The van der Waals surface area contributed by atoms with E-state index in [2.05, 4.69) is 15.5 Å². The molecule has 2 aromatic heterocycles. The summed E-state index contributed by atoms with van der Waals surface area (Å²) in [6, 6.07) is 8.86. The zero-order valence-electron chi connectivity index (χ0n) is 22.4. The first-order valence-electron chi connectivity index (χ1n) is 13.8. The molecule has 0 spiro atoms. The number of thiazole rings is 1. The molecule has 4 aromatic rings. The number of amides is 1. The minimum atomic E-state index is -0.683. The van der Waals surface area contributed by atoms with Crippen molar-refractivity contribution < 1.29 is 23.0 Å². The number of halogens is 2. The second kappa shape index (κ2) is 11.8. The molecule has 1 amide bonds.